The van der Waals surface area contributed by atoms with Crippen molar-refractivity contribution in [3.8, 4) is 5.75 Å². The number of methoxy groups -OCH3 is 1. The number of nitrogens with one attached hydrogen (secondary N) is 1. The summed E-state index contributed by atoms with van der Waals surface area (Å²) in [6, 6.07) is 18.3. The molecular weight excluding hydrogens is 561 g/mol. The lowest BCUT2D eigenvalue weighted by atomic mass is 10.1. The number of anilines is 1. The average molecular weight is 593 g/mol. The Morgan fingerprint density at radius 3 is 2.28 bits per heavy atom. The van der Waals surface area contributed by atoms with Crippen molar-refractivity contribution >= 4 is 50.7 Å². The number of carbonyl (C=O) groups excluding carboxylic acids is 2. The summed E-state index contributed by atoms with van der Waals surface area (Å²) in [6.07, 6.45) is 0.723. The van der Waals surface area contributed by atoms with Gasteiger partial charge in [0.05, 0.1) is 22.7 Å². The van der Waals surface area contributed by atoms with Gasteiger partial charge in [-0.2, -0.15) is 0 Å². The lowest BCUT2D eigenvalue weighted by Crippen LogP contribution is -2.51. The Hall–Kier alpha value is -3.27. The van der Waals surface area contributed by atoms with Gasteiger partial charge in [0.15, 0.2) is 0 Å². The van der Waals surface area contributed by atoms with Crippen LogP contribution in [0, 0.1) is 0 Å². The van der Waals surface area contributed by atoms with Crippen molar-refractivity contribution in [1.29, 1.82) is 0 Å². The van der Waals surface area contributed by atoms with E-state index in [-0.39, 0.29) is 33.1 Å². The summed E-state index contributed by atoms with van der Waals surface area (Å²) in [5.41, 5.74) is 0.784. The molecule has 0 unspecified atom stereocenters. The number of rotatable bonds is 12. The molecule has 8 nitrogen and oxygen atoms in total. The number of nitrogens with zero attached hydrogens (tertiary/aromatic N) is 2. The standard InChI is InChI=1S/C28H31Cl2N3O5S/c1-4-16-31-28(35)20(2)32(18-21-10-13-23(38-3)14-11-21)27(34)19-33(26-17-22(29)12-15-25(26)30)39(36,37)24-8-6-5-7-9-24/h5-15,17,20H,4,16,18-19H2,1-3H3,(H,31,35)/t20-/m1/s1. The minimum Gasteiger partial charge on any atom is -0.497 e. The first-order valence-corrected chi connectivity index (χ1v) is 14.5. The summed E-state index contributed by atoms with van der Waals surface area (Å²) in [6.45, 7) is 3.42. The Bertz CT molecular complexity index is 1390. The highest BCUT2D eigenvalue weighted by molar-refractivity contribution is 7.92. The molecule has 208 valence electrons. The second kappa shape index (κ2) is 13.7. The first kappa shape index (κ1) is 30.3. The van der Waals surface area contributed by atoms with Crippen molar-refractivity contribution in [2.75, 3.05) is 24.5 Å². The van der Waals surface area contributed by atoms with E-state index >= 15 is 0 Å². The van der Waals surface area contributed by atoms with Gasteiger partial charge in [-0.3, -0.25) is 13.9 Å². The predicted octanol–water partition coefficient (Wildman–Crippen LogP) is 5.14. The van der Waals surface area contributed by atoms with E-state index in [1.807, 2.05) is 6.92 Å². The van der Waals surface area contributed by atoms with Crippen LogP contribution in [0.15, 0.2) is 77.7 Å². The molecule has 3 aromatic rings. The zero-order valence-electron chi connectivity index (χ0n) is 21.9. The average Bonchev–Trinajstić information content (AvgIpc) is 2.94. The zero-order chi connectivity index (χ0) is 28.6. The summed E-state index contributed by atoms with van der Waals surface area (Å²) >= 11 is 12.6. The fourth-order valence-electron chi connectivity index (χ4n) is 3.82. The number of sulfonamides is 1. The van der Waals surface area contributed by atoms with E-state index in [9.17, 15) is 18.0 Å². The molecule has 39 heavy (non-hydrogen) atoms. The van der Waals surface area contributed by atoms with Crippen molar-refractivity contribution in [1.82, 2.24) is 10.2 Å². The second-order valence-corrected chi connectivity index (χ2v) is 11.5. The van der Waals surface area contributed by atoms with Gasteiger partial charge < -0.3 is 15.0 Å². The van der Waals surface area contributed by atoms with E-state index in [1.54, 1.807) is 56.5 Å². The lowest BCUT2D eigenvalue weighted by molar-refractivity contribution is -0.139. The fraction of sp³-hybridized carbons (Fsp3) is 0.286. The molecule has 0 aliphatic heterocycles. The predicted molar refractivity (Wildman–Crippen MR) is 154 cm³/mol. The second-order valence-electron chi connectivity index (χ2n) is 8.76. The van der Waals surface area contributed by atoms with E-state index < -0.39 is 28.5 Å². The lowest BCUT2D eigenvalue weighted by Gasteiger charge is -2.32. The van der Waals surface area contributed by atoms with Crippen LogP contribution < -0.4 is 14.4 Å². The van der Waals surface area contributed by atoms with Crippen LogP contribution in [0.1, 0.15) is 25.8 Å². The molecule has 0 saturated heterocycles. The van der Waals surface area contributed by atoms with E-state index in [1.165, 1.54) is 35.2 Å². The Morgan fingerprint density at radius 1 is 1.00 bits per heavy atom. The van der Waals surface area contributed by atoms with Gasteiger partial charge in [-0.05, 0) is 61.4 Å². The van der Waals surface area contributed by atoms with Crippen LogP contribution >= 0.6 is 23.2 Å². The molecule has 3 aromatic carbocycles. The Kier molecular flexibility index (Phi) is 10.6. The van der Waals surface area contributed by atoms with Gasteiger partial charge in [0.1, 0.15) is 18.3 Å². The zero-order valence-corrected chi connectivity index (χ0v) is 24.3. The molecule has 0 aliphatic carbocycles. The molecule has 0 spiro atoms. The van der Waals surface area contributed by atoms with E-state index in [4.69, 9.17) is 27.9 Å². The van der Waals surface area contributed by atoms with Gasteiger partial charge in [-0.15, -0.1) is 0 Å². The highest BCUT2D eigenvalue weighted by atomic mass is 35.5. The number of hydrogen-bond acceptors (Lipinski definition) is 5. The van der Waals surface area contributed by atoms with E-state index in [0.717, 1.165) is 16.3 Å². The minimum atomic E-state index is -4.24. The quantitative estimate of drug-likeness (QED) is 0.314. The Labute approximate surface area is 239 Å². The number of ether oxygens (including phenoxy) is 1. The molecule has 0 heterocycles. The van der Waals surface area contributed by atoms with Gasteiger partial charge in [-0.25, -0.2) is 8.42 Å². The summed E-state index contributed by atoms with van der Waals surface area (Å²) in [5, 5.41) is 3.15. The SMILES string of the molecule is CCCNC(=O)[C@@H](C)N(Cc1ccc(OC)cc1)C(=O)CN(c1cc(Cl)ccc1Cl)S(=O)(=O)c1ccccc1. The smallest absolute Gasteiger partial charge is 0.264 e. The van der Waals surface area contributed by atoms with Crippen LogP contribution in [-0.4, -0.2) is 51.4 Å². The molecule has 0 saturated carbocycles. The largest absolute Gasteiger partial charge is 0.497 e. The Morgan fingerprint density at radius 2 is 1.67 bits per heavy atom. The molecule has 0 bridgehead atoms. The van der Waals surface area contributed by atoms with Crippen LogP contribution in [-0.2, 0) is 26.2 Å². The molecule has 0 aromatic heterocycles. The summed E-state index contributed by atoms with van der Waals surface area (Å²) in [4.78, 5) is 28.1. The molecule has 1 N–H and O–H groups in total. The molecule has 3 rings (SSSR count). The van der Waals surface area contributed by atoms with Crippen molar-refractivity contribution in [3.63, 3.8) is 0 Å². The summed E-state index contributed by atoms with van der Waals surface area (Å²) in [7, 11) is -2.69. The van der Waals surface area contributed by atoms with Crippen molar-refractivity contribution in [3.05, 3.63) is 88.4 Å². The van der Waals surface area contributed by atoms with E-state index in [2.05, 4.69) is 5.32 Å². The van der Waals surface area contributed by atoms with Gasteiger partial charge in [-0.1, -0.05) is 60.5 Å². The maximum absolute atomic E-state index is 13.9. The van der Waals surface area contributed by atoms with Crippen LogP contribution in [0.25, 0.3) is 0 Å². The van der Waals surface area contributed by atoms with Crippen LogP contribution in [0.4, 0.5) is 5.69 Å². The first-order valence-electron chi connectivity index (χ1n) is 12.3. The number of carbonyl (C=O) groups is 2. The molecule has 0 radical (unpaired) electrons. The maximum atomic E-state index is 13.9. The molecule has 11 heteroatoms. The number of amides is 2. The number of hydrogen-bond donors (Lipinski definition) is 1. The third-order valence-electron chi connectivity index (χ3n) is 6.02. The maximum Gasteiger partial charge on any atom is 0.264 e. The molecular formula is C28H31Cl2N3O5S. The van der Waals surface area contributed by atoms with Gasteiger partial charge >= 0.3 is 0 Å². The van der Waals surface area contributed by atoms with Crippen LogP contribution in [0.3, 0.4) is 0 Å². The highest BCUT2D eigenvalue weighted by Gasteiger charge is 2.33. The van der Waals surface area contributed by atoms with Gasteiger partial charge in [0.25, 0.3) is 10.0 Å². The van der Waals surface area contributed by atoms with Crippen LogP contribution in [0.5, 0.6) is 5.75 Å². The van der Waals surface area contributed by atoms with Gasteiger partial charge in [0.2, 0.25) is 11.8 Å². The molecule has 2 amide bonds. The molecule has 1 atom stereocenters. The normalized spacial score (nSPS) is 11.9. The first-order chi connectivity index (χ1) is 18.6. The number of benzene rings is 3. The summed E-state index contributed by atoms with van der Waals surface area (Å²) in [5.74, 6) is -0.307. The number of halogens is 2. The van der Waals surface area contributed by atoms with E-state index in [0.29, 0.717) is 12.3 Å². The minimum absolute atomic E-state index is 0.0238. The monoisotopic (exact) mass is 591 g/mol. The Balaban J connectivity index is 2.04. The third-order valence-corrected chi connectivity index (χ3v) is 8.34. The molecule has 0 fully saturated rings. The topological polar surface area (TPSA) is 96.0 Å². The van der Waals surface area contributed by atoms with Crippen LogP contribution in [0.2, 0.25) is 10.0 Å². The third kappa shape index (κ3) is 7.65. The molecule has 0 aliphatic rings. The van der Waals surface area contributed by atoms with Crippen molar-refractivity contribution in [2.24, 2.45) is 0 Å². The van der Waals surface area contributed by atoms with Crippen molar-refractivity contribution in [2.45, 2.75) is 37.8 Å². The summed E-state index contributed by atoms with van der Waals surface area (Å²) < 4.78 is 33.7. The fourth-order valence-corrected chi connectivity index (χ4v) is 5.70. The highest BCUT2D eigenvalue weighted by Crippen LogP contribution is 2.33. The van der Waals surface area contributed by atoms with Gasteiger partial charge in [0, 0.05) is 18.1 Å². The van der Waals surface area contributed by atoms with Crippen molar-refractivity contribution < 1.29 is 22.7 Å².